The van der Waals surface area contributed by atoms with Gasteiger partial charge >= 0.3 is 0 Å². The quantitative estimate of drug-likeness (QED) is 0.754. The van der Waals surface area contributed by atoms with E-state index >= 15 is 0 Å². The van der Waals surface area contributed by atoms with Crippen LogP contribution in [0.5, 0.6) is 5.75 Å². The minimum absolute atomic E-state index is 0.365. The molecule has 1 atom stereocenters. The SMILES string of the molecule is OC(COc1ccccc1CNC1CCCC1)CN1CCSCC1. The summed E-state index contributed by atoms with van der Waals surface area (Å²) in [6, 6.07) is 8.84. The van der Waals surface area contributed by atoms with Crippen LogP contribution in [0.25, 0.3) is 0 Å². The van der Waals surface area contributed by atoms with E-state index in [1.54, 1.807) is 0 Å². The first kappa shape index (κ1) is 18.1. The minimum atomic E-state index is -0.427. The lowest BCUT2D eigenvalue weighted by molar-refractivity contribution is 0.0711. The van der Waals surface area contributed by atoms with Crippen molar-refractivity contribution in [3.63, 3.8) is 0 Å². The molecule has 2 fully saturated rings. The number of nitrogens with one attached hydrogen (secondary N) is 1. The summed E-state index contributed by atoms with van der Waals surface area (Å²) in [4.78, 5) is 2.33. The summed E-state index contributed by atoms with van der Waals surface area (Å²) >= 11 is 1.99. The molecule has 1 saturated heterocycles. The Balaban J connectivity index is 1.45. The smallest absolute Gasteiger partial charge is 0.123 e. The number of para-hydroxylation sites is 1. The molecule has 24 heavy (non-hydrogen) atoms. The molecular weight excluding hydrogens is 320 g/mol. The van der Waals surface area contributed by atoms with Gasteiger partial charge in [0.25, 0.3) is 0 Å². The molecule has 1 aliphatic carbocycles. The number of aliphatic hydroxyl groups excluding tert-OH is 1. The molecule has 134 valence electrons. The Hall–Kier alpha value is -0.750. The minimum Gasteiger partial charge on any atom is -0.491 e. The second-order valence-corrected chi connectivity index (χ2v) is 8.07. The maximum Gasteiger partial charge on any atom is 0.123 e. The van der Waals surface area contributed by atoms with Gasteiger partial charge in [-0.15, -0.1) is 0 Å². The van der Waals surface area contributed by atoms with Crippen molar-refractivity contribution in [2.75, 3.05) is 37.7 Å². The van der Waals surface area contributed by atoms with Crippen LogP contribution in [0, 0.1) is 0 Å². The van der Waals surface area contributed by atoms with Crippen molar-refractivity contribution in [2.24, 2.45) is 0 Å². The Morgan fingerprint density at radius 1 is 1.21 bits per heavy atom. The van der Waals surface area contributed by atoms with Crippen molar-refractivity contribution >= 4 is 11.8 Å². The molecule has 2 aliphatic rings. The van der Waals surface area contributed by atoms with E-state index in [4.69, 9.17) is 4.74 Å². The Morgan fingerprint density at radius 3 is 2.75 bits per heavy atom. The van der Waals surface area contributed by atoms with E-state index in [-0.39, 0.29) is 0 Å². The molecule has 1 unspecified atom stereocenters. The van der Waals surface area contributed by atoms with Crippen LogP contribution in [0.4, 0.5) is 0 Å². The zero-order valence-corrected chi connectivity index (χ0v) is 15.3. The first-order chi connectivity index (χ1) is 11.8. The van der Waals surface area contributed by atoms with Crippen LogP contribution < -0.4 is 10.1 Å². The zero-order chi connectivity index (χ0) is 16.6. The van der Waals surface area contributed by atoms with Crippen molar-refractivity contribution in [1.82, 2.24) is 10.2 Å². The number of rotatable bonds is 8. The van der Waals surface area contributed by atoms with Gasteiger partial charge in [-0.25, -0.2) is 0 Å². The van der Waals surface area contributed by atoms with E-state index in [2.05, 4.69) is 22.3 Å². The van der Waals surface area contributed by atoms with Gasteiger partial charge in [0.05, 0.1) is 0 Å². The predicted molar refractivity (Wildman–Crippen MR) is 101 cm³/mol. The van der Waals surface area contributed by atoms with Gasteiger partial charge in [0.1, 0.15) is 18.5 Å². The largest absolute Gasteiger partial charge is 0.491 e. The van der Waals surface area contributed by atoms with Crippen molar-refractivity contribution in [1.29, 1.82) is 0 Å². The highest BCUT2D eigenvalue weighted by Gasteiger charge is 2.17. The van der Waals surface area contributed by atoms with Crippen molar-refractivity contribution in [3.05, 3.63) is 29.8 Å². The molecule has 1 aromatic rings. The van der Waals surface area contributed by atoms with Crippen molar-refractivity contribution in [2.45, 2.75) is 44.4 Å². The van der Waals surface area contributed by atoms with Gasteiger partial charge < -0.3 is 15.2 Å². The number of thioether (sulfide) groups is 1. The number of benzene rings is 1. The van der Waals surface area contributed by atoms with Gasteiger partial charge in [-0.2, -0.15) is 11.8 Å². The van der Waals surface area contributed by atoms with Crippen LogP contribution in [0.1, 0.15) is 31.2 Å². The lowest BCUT2D eigenvalue weighted by atomic mass is 10.1. The molecule has 2 N–H and O–H groups in total. The summed E-state index contributed by atoms with van der Waals surface area (Å²) in [6.45, 7) is 4.07. The third-order valence-electron chi connectivity index (χ3n) is 4.91. The topological polar surface area (TPSA) is 44.7 Å². The van der Waals surface area contributed by atoms with Gasteiger partial charge in [0.2, 0.25) is 0 Å². The van der Waals surface area contributed by atoms with Crippen LogP contribution in [-0.2, 0) is 6.54 Å². The third-order valence-corrected chi connectivity index (χ3v) is 5.86. The predicted octanol–water partition coefficient (Wildman–Crippen LogP) is 2.51. The molecular formula is C19H30N2O2S. The fourth-order valence-corrected chi connectivity index (χ4v) is 4.47. The standard InChI is InChI=1S/C19H30N2O2S/c22-18(14-21-9-11-24-12-10-21)15-23-19-8-4-1-5-16(19)13-20-17-6-2-3-7-17/h1,4-5,8,17-18,20,22H,2-3,6-7,9-15H2. The Labute approximate surface area is 150 Å². The number of β-amino-alcohol motifs (C(OH)–C–C–N with tert-alkyl or cyclic N) is 1. The van der Waals surface area contributed by atoms with Gasteiger partial charge in [0, 0.05) is 49.3 Å². The average molecular weight is 351 g/mol. The molecule has 0 radical (unpaired) electrons. The molecule has 0 spiro atoms. The highest BCUT2D eigenvalue weighted by molar-refractivity contribution is 7.99. The molecule has 1 aliphatic heterocycles. The van der Waals surface area contributed by atoms with Gasteiger partial charge in [0.15, 0.2) is 0 Å². The molecule has 4 nitrogen and oxygen atoms in total. The number of nitrogens with zero attached hydrogens (tertiary/aromatic N) is 1. The lowest BCUT2D eigenvalue weighted by Gasteiger charge is -2.28. The summed E-state index contributed by atoms with van der Waals surface area (Å²) in [5, 5.41) is 13.9. The molecule has 5 heteroatoms. The summed E-state index contributed by atoms with van der Waals surface area (Å²) in [5.74, 6) is 3.24. The van der Waals surface area contributed by atoms with E-state index in [9.17, 15) is 5.11 Å². The summed E-state index contributed by atoms with van der Waals surface area (Å²) < 4.78 is 5.93. The molecule has 3 rings (SSSR count). The summed E-state index contributed by atoms with van der Waals surface area (Å²) in [7, 11) is 0. The maximum absolute atomic E-state index is 10.3. The average Bonchev–Trinajstić information content (AvgIpc) is 3.13. The van der Waals surface area contributed by atoms with Gasteiger partial charge in [-0.1, -0.05) is 31.0 Å². The molecule has 0 bridgehead atoms. The third kappa shape index (κ3) is 5.66. The van der Waals surface area contributed by atoms with Crippen LogP contribution in [0.3, 0.4) is 0 Å². The zero-order valence-electron chi connectivity index (χ0n) is 14.5. The molecule has 1 saturated carbocycles. The van der Waals surface area contributed by atoms with E-state index in [1.807, 2.05) is 23.9 Å². The van der Waals surface area contributed by atoms with E-state index < -0.39 is 6.10 Å². The number of aliphatic hydroxyl groups is 1. The number of ether oxygens (including phenoxy) is 1. The Morgan fingerprint density at radius 2 is 1.96 bits per heavy atom. The summed E-state index contributed by atoms with van der Waals surface area (Å²) in [6.07, 6.45) is 4.84. The van der Waals surface area contributed by atoms with Crippen molar-refractivity contribution in [3.8, 4) is 5.75 Å². The number of hydrogen-bond donors (Lipinski definition) is 2. The molecule has 1 heterocycles. The van der Waals surface area contributed by atoms with E-state index in [0.29, 0.717) is 19.2 Å². The molecule has 0 aromatic heterocycles. The summed E-state index contributed by atoms with van der Waals surface area (Å²) in [5.41, 5.74) is 1.19. The highest BCUT2D eigenvalue weighted by atomic mass is 32.2. The Kier molecular flexibility index (Phi) is 7.27. The van der Waals surface area contributed by atoms with Gasteiger partial charge in [-0.05, 0) is 18.9 Å². The first-order valence-electron chi connectivity index (χ1n) is 9.23. The second-order valence-electron chi connectivity index (χ2n) is 6.85. The lowest BCUT2D eigenvalue weighted by Crippen LogP contribution is -2.40. The van der Waals surface area contributed by atoms with E-state index in [0.717, 1.165) is 25.4 Å². The van der Waals surface area contributed by atoms with Crippen LogP contribution in [-0.4, -0.2) is 59.9 Å². The van der Waals surface area contributed by atoms with Crippen LogP contribution in [0.15, 0.2) is 24.3 Å². The van der Waals surface area contributed by atoms with Crippen LogP contribution >= 0.6 is 11.8 Å². The number of hydrogen-bond acceptors (Lipinski definition) is 5. The van der Waals surface area contributed by atoms with Gasteiger partial charge in [-0.3, -0.25) is 4.90 Å². The monoisotopic (exact) mass is 350 g/mol. The highest BCUT2D eigenvalue weighted by Crippen LogP contribution is 2.21. The fraction of sp³-hybridized carbons (Fsp3) is 0.684. The first-order valence-corrected chi connectivity index (χ1v) is 10.4. The second kappa shape index (κ2) is 9.66. The van der Waals surface area contributed by atoms with Crippen LogP contribution in [0.2, 0.25) is 0 Å². The van der Waals surface area contributed by atoms with E-state index in [1.165, 1.54) is 42.8 Å². The molecule has 1 aromatic carbocycles. The Bertz CT molecular complexity index is 488. The normalized spacial score (nSPS) is 21.0. The fourth-order valence-electron chi connectivity index (χ4n) is 3.50. The molecule has 0 amide bonds. The van der Waals surface area contributed by atoms with Crippen molar-refractivity contribution < 1.29 is 9.84 Å². The maximum atomic E-state index is 10.3.